The van der Waals surface area contributed by atoms with E-state index in [0.717, 1.165) is 13.8 Å². The lowest BCUT2D eigenvalue weighted by Gasteiger charge is -2.43. The molecule has 9 heteroatoms. The van der Waals surface area contributed by atoms with Gasteiger partial charge in [-0.1, -0.05) is 6.58 Å². The van der Waals surface area contributed by atoms with Gasteiger partial charge in [-0.2, -0.15) is 0 Å². The average molecular weight is 370 g/mol. The maximum atomic E-state index is 11.5. The third kappa shape index (κ3) is 6.34. The van der Waals surface area contributed by atoms with Crippen LogP contribution >= 0.6 is 0 Å². The maximum Gasteiger partial charge on any atom is 0.303 e. The van der Waals surface area contributed by atoms with Gasteiger partial charge in [0.1, 0.15) is 18.8 Å². The largest absolute Gasteiger partial charge is 0.463 e. The van der Waals surface area contributed by atoms with E-state index in [-0.39, 0.29) is 6.61 Å². The number of hydrogen-bond donors (Lipinski definition) is 0. The van der Waals surface area contributed by atoms with Crippen molar-refractivity contribution in [2.24, 2.45) is 0 Å². The first kappa shape index (κ1) is 21.4. The molecule has 26 heavy (non-hydrogen) atoms. The Morgan fingerprint density at radius 2 is 1.38 bits per heavy atom. The van der Waals surface area contributed by atoms with E-state index in [9.17, 15) is 19.2 Å². The minimum Gasteiger partial charge on any atom is -0.463 e. The smallest absolute Gasteiger partial charge is 0.303 e. The van der Waals surface area contributed by atoms with Gasteiger partial charge >= 0.3 is 23.9 Å². The van der Waals surface area contributed by atoms with Crippen molar-refractivity contribution in [2.75, 3.05) is 6.61 Å². The SMILES string of the molecule is C=C=C[C@H]1O[C@H](COC(C)=O)[C@H](OC(C)=O)[C@H](OC(C)=O)[C@H]1OC(C)=O. The van der Waals surface area contributed by atoms with E-state index in [1.807, 2.05) is 0 Å². The standard InChI is InChI=1S/C17H22O9/c1-6-7-13-15(23-10(3)19)17(25-12(5)21)16(24-11(4)20)14(26-13)8-22-9(2)18/h7,13-17H,1,8H2,2-5H3/t13-,14-,15+,16+,17-/m1/s1. The van der Waals surface area contributed by atoms with Crippen LogP contribution in [-0.4, -0.2) is 61.0 Å². The highest BCUT2D eigenvalue weighted by molar-refractivity contribution is 5.68. The number of esters is 4. The second-order valence-corrected chi connectivity index (χ2v) is 5.53. The number of ether oxygens (including phenoxy) is 5. The van der Waals surface area contributed by atoms with Crippen LogP contribution in [0.5, 0.6) is 0 Å². The van der Waals surface area contributed by atoms with Gasteiger partial charge in [0.25, 0.3) is 0 Å². The topological polar surface area (TPSA) is 114 Å². The van der Waals surface area contributed by atoms with E-state index in [0.29, 0.717) is 0 Å². The Kier molecular flexibility index (Phi) is 8.02. The Morgan fingerprint density at radius 3 is 1.85 bits per heavy atom. The molecule has 1 aliphatic heterocycles. The van der Waals surface area contributed by atoms with Crippen LogP contribution in [0.3, 0.4) is 0 Å². The van der Waals surface area contributed by atoms with E-state index in [1.54, 1.807) is 0 Å². The van der Waals surface area contributed by atoms with Crippen molar-refractivity contribution < 1.29 is 42.9 Å². The highest BCUT2D eigenvalue weighted by Crippen LogP contribution is 2.29. The van der Waals surface area contributed by atoms with Crippen LogP contribution in [0.15, 0.2) is 18.4 Å². The van der Waals surface area contributed by atoms with Gasteiger partial charge in [-0.15, -0.1) is 5.73 Å². The molecule has 5 atom stereocenters. The van der Waals surface area contributed by atoms with Crippen LogP contribution in [0, 0.1) is 0 Å². The molecule has 0 unspecified atom stereocenters. The van der Waals surface area contributed by atoms with E-state index < -0.39 is 54.4 Å². The number of hydrogen-bond acceptors (Lipinski definition) is 9. The summed E-state index contributed by atoms with van der Waals surface area (Å²) in [5.41, 5.74) is 2.51. The summed E-state index contributed by atoms with van der Waals surface area (Å²) in [6, 6.07) is 0. The first-order valence-electron chi connectivity index (χ1n) is 7.82. The predicted molar refractivity (Wildman–Crippen MR) is 85.7 cm³/mol. The van der Waals surface area contributed by atoms with Crippen molar-refractivity contribution in [1.82, 2.24) is 0 Å². The van der Waals surface area contributed by atoms with Gasteiger partial charge in [0.05, 0.1) is 0 Å². The monoisotopic (exact) mass is 370 g/mol. The summed E-state index contributed by atoms with van der Waals surface area (Å²) in [6.07, 6.45) is -3.95. The summed E-state index contributed by atoms with van der Waals surface area (Å²) in [7, 11) is 0. The number of carbonyl (C=O) groups excluding carboxylic acids is 4. The predicted octanol–water partition coefficient (Wildman–Crippen LogP) is 0.453. The zero-order valence-corrected chi connectivity index (χ0v) is 15.1. The molecular formula is C17H22O9. The summed E-state index contributed by atoms with van der Waals surface area (Å²) in [5.74, 6) is -2.59. The van der Waals surface area contributed by atoms with Crippen molar-refractivity contribution in [3.63, 3.8) is 0 Å². The number of carbonyl (C=O) groups is 4. The van der Waals surface area contributed by atoms with Gasteiger partial charge in [-0.05, 0) is 6.08 Å². The summed E-state index contributed by atoms with van der Waals surface area (Å²) < 4.78 is 26.4. The lowest BCUT2D eigenvalue weighted by molar-refractivity contribution is -0.244. The second kappa shape index (κ2) is 9.74. The normalized spacial score (nSPS) is 27.5. The van der Waals surface area contributed by atoms with Crippen molar-refractivity contribution >= 4 is 23.9 Å². The Balaban J connectivity index is 3.28. The lowest BCUT2D eigenvalue weighted by atomic mass is 9.94. The minimum absolute atomic E-state index is 0.265. The van der Waals surface area contributed by atoms with Crippen LogP contribution in [-0.2, 0) is 42.9 Å². The molecular weight excluding hydrogens is 348 g/mol. The Bertz CT molecular complexity index is 605. The molecule has 1 fully saturated rings. The molecule has 0 bridgehead atoms. The molecule has 0 radical (unpaired) electrons. The van der Waals surface area contributed by atoms with E-state index in [4.69, 9.17) is 23.7 Å². The molecule has 144 valence electrons. The fourth-order valence-corrected chi connectivity index (χ4v) is 2.51. The molecule has 1 heterocycles. The first-order valence-corrected chi connectivity index (χ1v) is 7.82. The molecule has 0 aromatic heterocycles. The lowest BCUT2D eigenvalue weighted by Crippen LogP contribution is -2.61. The highest BCUT2D eigenvalue weighted by atomic mass is 16.7. The average Bonchev–Trinajstić information content (AvgIpc) is 2.50. The van der Waals surface area contributed by atoms with Crippen LogP contribution in [0.4, 0.5) is 0 Å². The van der Waals surface area contributed by atoms with Crippen molar-refractivity contribution in [1.29, 1.82) is 0 Å². The maximum absolute atomic E-state index is 11.5. The van der Waals surface area contributed by atoms with Crippen LogP contribution in [0.1, 0.15) is 27.7 Å². The molecule has 1 rings (SSSR count). The third-order valence-electron chi connectivity index (χ3n) is 3.31. The third-order valence-corrected chi connectivity index (χ3v) is 3.31. The number of rotatable bonds is 6. The van der Waals surface area contributed by atoms with E-state index in [1.165, 1.54) is 19.9 Å². The summed E-state index contributed by atoms with van der Waals surface area (Å²) in [6.45, 7) is 7.87. The molecule has 1 saturated heterocycles. The molecule has 9 nitrogen and oxygen atoms in total. The fourth-order valence-electron chi connectivity index (χ4n) is 2.51. The molecule has 1 aliphatic rings. The van der Waals surface area contributed by atoms with Crippen molar-refractivity contribution in [3.05, 3.63) is 18.4 Å². The van der Waals surface area contributed by atoms with Crippen LogP contribution < -0.4 is 0 Å². The van der Waals surface area contributed by atoms with Gasteiger partial charge in [0.15, 0.2) is 18.3 Å². The molecule has 0 aromatic carbocycles. The molecule has 0 saturated carbocycles. The molecule has 0 amide bonds. The zero-order chi connectivity index (χ0) is 19.9. The van der Waals surface area contributed by atoms with E-state index >= 15 is 0 Å². The molecule has 0 N–H and O–H groups in total. The minimum atomic E-state index is -1.18. The van der Waals surface area contributed by atoms with Gasteiger partial charge in [0.2, 0.25) is 0 Å². The zero-order valence-electron chi connectivity index (χ0n) is 15.1. The Morgan fingerprint density at radius 1 is 0.885 bits per heavy atom. The van der Waals surface area contributed by atoms with Crippen molar-refractivity contribution in [3.8, 4) is 0 Å². The first-order chi connectivity index (χ1) is 12.1. The van der Waals surface area contributed by atoms with Crippen LogP contribution in [0.2, 0.25) is 0 Å². The van der Waals surface area contributed by atoms with Gasteiger partial charge in [0, 0.05) is 27.7 Å². The fraction of sp³-hybridized carbons (Fsp3) is 0.588. The summed E-state index contributed by atoms with van der Waals surface area (Å²) in [5, 5.41) is 0. The van der Waals surface area contributed by atoms with Gasteiger partial charge < -0.3 is 23.7 Å². The molecule has 0 aliphatic carbocycles. The van der Waals surface area contributed by atoms with E-state index in [2.05, 4.69) is 12.3 Å². The van der Waals surface area contributed by atoms with Gasteiger partial charge in [-0.25, -0.2) is 0 Å². The summed E-state index contributed by atoms with van der Waals surface area (Å²) >= 11 is 0. The summed E-state index contributed by atoms with van der Waals surface area (Å²) in [4.78, 5) is 45.6. The molecule has 0 aromatic rings. The quantitative estimate of drug-likeness (QED) is 0.373. The highest BCUT2D eigenvalue weighted by Gasteiger charge is 2.51. The second-order valence-electron chi connectivity index (χ2n) is 5.53. The Labute approximate surface area is 150 Å². The Hall–Kier alpha value is -2.64. The molecule has 0 spiro atoms. The van der Waals surface area contributed by atoms with Crippen molar-refractivity contribution in [2.45, 2.75) is 58.2 Å². The van der Waals surface area contributed by atoms with Crippen LogP contribution in [0.25, 0.3) is 0 Å². The van der Waals surface area contributed by atoms with Gasteiger partial charge in [-0.3, -0.25) is 19.2 Å².